The van der Waals surface area contributed by atoms with Gasteiger partial charge in [-0.3, -0.25) is 9.35 Å². The molecule has 1 saturated heterocycles. The van der Waals surface area contributed by atoms with E-state index in [1.165, 1.54) is 32.1 Å². The Morgan fingerprint density at radius 2 is 1.38 bits per heavy atom. The number of aliphatic hydroxyl groups excluding tert-OH is 3. The van der Waals surface area contributed by atoms with Gasteiger partial charge in [0.15, 0.2) is 6.29 Å². The standard InChI is InChI=1S/C37H66O12S/c1-3-5-7-9-11-13-14-15-16-17-19-21-23-25-27-45-29-31(47-33(39)26-24-22-20-18-12-10-8-6-4-2)30-46-37-35(41)36(49-50(42,43)44)34(40)32(28-38)48-37/h5,7,11,13,15-16,31-32,34-38,40-41H,3-4,6,8-10,12,14,17-30H2,1-2H3,(H,42,43,44)/b7-5-,13-11-,16-15-. The van der Waals surface area contributed by atoms with Crippen molar-refractivity contribution in [3.8, 4) is 0 Å². The van der Waals surface area contributed by atoms with Crippen LogP contribution in [0, 0.1) is 0 Å². The maximum Gasteiger partial charge on any atom is 0.397 e. The van der Waals surface area contributed by atoms with Crippen LogP contribution < -0.4 is 0 Å². The van der Waals surface area contributed by atoms with Crippen LogP contribution in [0.5, 0.6) is 0 Å². The van der Waals surface area contributed by atoms with Crippen LogP contribution in [-0.2, 0) is 38.3 Å². The average molecular weight is 735 g/mol. The van der Waals surface area contributed by atoms with Crippen molar-refractivity contribution in [2.24, 2.45) is 0 Å². The summed E-state index contributed by atoms with van der Waals surface area (Å²) in [6.45, 7) is 3.76. The Bertz CT molecular complexity index is 1030. The van der Waals surface area contributed by atoms with Gasteiger partial charge in [0, 0.05) is 13.0 Å². The van der Waals surface area contributed by atoms with Crippen LogP contribution in [0.3, 0.4) is 0 Å². The molecule has 4 N–H and O–H groups in total. The molecule has 0 aliphatic carbocycles. The van der Waals surface area contributed by atoms with Crippen molar-refractivity contribution in [2.45, 2.75) is 166 Å². The minimum atomic E-state index is -5.06. The number of aliphatic hydroxyl groups is 3. The highest BCUT2D eigenvalue weighted by atomic mass is 32.3. The van der Waals surface area contributed by atoms with E-state index in [2.05, 4.69) is 54.5 Å². The Morgan fingerprint density at radius 3 is 2.02 bits per heavy atom. The smallest absolute Gasteiger partial charge is 0.397 e. The van der Waals surface area contributed by atoms with Gasteiger partial charge in [-0.25, -0.2) is 4.18 Å². The fourth-order valence-corrected chi connectivity index (χ4v) is 5.96. The number of unbranched alkanes of at least 4 members (excludes halogenated alkanes) is 12. The molecule has 0 aromatic rings. The van der Waals surface area contributed by atoms with Crippen molar-refractivity contribution in [3.05, 3.63) is 36.5 Å². The largest absolute Gasteiger partial charge is 0.457 e. The van der Waals surface area contributed by atoms with Crippen LogP contribution in [0.1, 0.15) is 129 Å². The number of hydrogen-bond acceptors (Lipinski definition) is 11. The van der Waals surface area contributed by atoms with Crippen LogP contribution in [0.4, 0.5) is 0 Å². The average Bonchev–Trinajstić information content (AvgIpc) is 3.08. The zero-order valence-corrected chi connectivity index (χ0v) is 31.3. The van der Waals surface area contributed by atoms with Gasteiger partial charge in [-0.05, 0) is 44.9 Å². The molecule has 0 aromatic carbocycles. The first-order valence-corrected chi connectivity index (χ1v) is 20.1. The van der Waals surface area contributed by atoms with Crippen LogP contribution in [-0.4, -0.2) is 97.5 Å². The molecule has 0 aromatic heterocycles. The van der Waals surface area contributed by atoms with E-state index in [1.807, 2.05) is 0 Å². The highest BCUT2D eigenvalue weighted by Crippen LogP contribution is 2.26. The zero-order chi connectivity index (χ0) is 36.9. The number of rotatable bonds is 31. The van der Waals surface area contributed by atoms with Gasteiger partial charge < -0.3 is 34.3 Å². The Kier molecular flexibility index (Phi) is 27.7. The fraction of sp³-hybridized carbons (Fsp3) is 0.811. The predicted octanol–water partition coefficient (Wildman–Crippen LogP) is 6.29. The second-order valence-electron chi connectivity index (χ2n) is 12.8. The van der Waals surface area contributed by atoms with Gasteiger partial charge in [0.1, 0.15) is 30.5 Å². The molecule has 1 aliphatic heterocycles. The molecule has 0 saturated carbocycles. The highest BCUT2D eigenvalue weighted by Gasteiger charge is 2.48. The van der Waals surface area contributed by atoms with Crippen molar-refractivity contribution in [3.63, 3.8) is 0 Å². The Balaban J connectivity index is 2.53. The molecule has 1 heterocycles. The maximum absolute atomic E-state index is 12.7. The van der Waals surface area contributed by atoms with Crippen molar-refractivity contribution in [1.29, 1.82) is 0 Å². The van der Waals surface area contributed by atoms with Crippen molar-refractivity contribution in [2.75, 3.05) is 26.4 Å². The normalized spacial score (nSPS) is 22.2. The van der Waals surface area contributed by atoms with E-state index in [0.29, 0.717) is 13.0 Å². The topological polar surface area (TPSA) is 178 Å². The third kappa shape index (κ3) is 23.7. The maximum atomic E-state index is 12.7. The first-order chi connectivity index (χ1) is 24.1. The van der Waals surface area contributed by atoms with E-state index in [-0.39, 0.29) is 19.6 Å². The molecular formula is C37H66O12S. The molecule has 6 atom stereocenters. The van der Waals surface area contributed by atoms with E-state index in [1.54, 1.807) is 0 Å². The van der Waals surface area contributed by atoms with Gasteiger partial charge >= 0.3 is 16.4 Å². The second-order valence-corrected chi connectivity index (χ2v) is 13.8. The van der Waals surface area contributed by atoms with Gasteiger partial charge in [-0.1, -0.05) is 115 Å². The fourth-order valence-electron chi connectivity index (χ4n) is 5.45. The summed E-state index contributed by atoms with van der Waals surface area (Å²) in [5.74, 6) is -0.414. The van der Waals surface area contributed by atoms with Crippen LogP contribution in [0.15, 0.2) is 36.5 Å². The summed E-state index contributed by atoms with van der Waals surface area (Å²) in [7, 11) is -5.06. The molecule has 0 spiro atoms. The molecular weight excluding hydrogens is 668 g/mol. The van der Waals surface area contributed by atoms with E-state index >= 15 is 0 Å². The Labute approximate surface area is 301 Å². The van der Waals surface area contributed by atoms with Gasteiger partial charge in [0.05, 0.1) is 19.8 Å². The van der Waals surface area contributed by atoms with Crippen molar-refractivity contribution >= 4 is 16.4 Å². The van der Waals surface area contributed by atoms with Crippen molar-refractivity contribution in [1.82, 2.24) is 0 Å². The lowest BCUT2D eigenvalue weighted by atomic mass is 9.99. The SMILES string of the molecule is CC/C=C\C/C=C\C/C=C\CCCCCCOCC(COC1OC(CO)C(O)C(OS(=O)(=O)O)C1O)OC(=O)CCCCCCCCCCC. The summed E-state index contributed by atoms with van der Waals surface area (Å²) in [6, 6.07) is 0. The monoisotopic (exact) mass is 734 g/mol. The van der Waals surface area contributed by atoms with E-state index in [0.717, 1.165) is 70.6 Å². The number of ether oxygens (including phenoxy) is 4. The number of allylic oxidation sites excluding steroid dienone is 6. The minimum absolute atomic E-state index is 0.0216. The first kappa shape index (κ1) is 46.3. The highest BCUT2D eigenvalue weighted by molar-refractivity contribution is 7.80. The molecule has 0 amide bonds. The van der Waals surface area contributed by atoms with Gasteiger partial charge in [-0.15, -0.1) is 0 Å². The molecule has 292 valence electrons. The van der Waals surface area contributed by atoms with E-state index < -0.39 is 59.8 Å². The second kappa shape index (κ2) is 29.9. The van der Waals surface area contributed by atoms with Crippen LogP contribution in [0.2, 0.25) is 0 Å². The summed E-state index contributed by atoms with van der Waals surface area (Å²) in [4.78, 5) is 12.7. The third-order valence-corrected chi connectivity index (χ3v) is 8.74. The molecule has 50 heavy (non-hydrogen) atoms. The number of carbonyl (C=O) groups excluding carboxylic acids is 1. The third-order valence-electron chi connectivity index (χ3n) is 8.28. The van der Waals surface area contributed by atoms with Crippen LogP contribution >= 0.6 is 0 Å². The number of carbonyl (C=O) groups is 1. The lowest BCUT2D eigenvalue weighted by molar-refractivity contribution is -0.301. The minimum Gasteiger partial charge on any atom is -0.457 e. The summed E-state index contributed by atoms with van der Waals surface area (Å²) >= 11 is 0. The molecule has 0 radical (unpaired) electrons. The zero-order valence-electron chi connectivity index (χ0n) is 30.4. The first-order valence-electron chi connectivity index (χ1n) is 18.7. The summed E-state index contributed by atoms with van der Waals surface area (Å²) in [5, 5.41) is 30.5. The summed E-state index contributed by atoms with van der Waals surface area (Å²) < 4.78 is 58.6. The lowest BCUT2D eigenvalue weighted by Crippen LogP contribution is -2.60. The molecule has 13 heteroatoms. The lowest BCUT2D eigenvalue weighted by Gasteiger charge is -2.41. The van der Waals surface area contributed by atoms with E-state index in [4.69, 9.17) is 23.5 Å². The van der Waals surface area contributed by atoms with Gasteiger partial charge in [0.25, 0.3) is 0 Å². The Morgan fingerprint density at radius 1 is 0.780 bits per heavy atom. The molecule has 1 rings (SSSR count). The molecule has 6 unspecified atom stereocenters. The van der Waals surface area contributed by atoms with Gasteiger partial charge in [0.2, 0.25) is 0 Å². The number of esters is 1. The van der Waals surface area contributed by atoms with Crippen LogP contribution in [0.25, 0.3) is 0 Å². The summed E-state index contributed by atoms with van der Waals surface area (Å²) in [5.41, 5.74) is 0. The molecule has 1 fully saturated rings. The van der Waals surface area contributed by atoms with E-state index in [9.17, 15) is 28.5 Å². The molecule has 0 bridgehead atoms. The Hall–Kier alpha value is -1.68. The van der Waals surface area contributed by atoms with Crippen molar-refractivity contribution < 1.29 is 56.2 Å². The molecule has 12 nitrogen and oxygen atoms in total. The summed E-state index contributed by atoms with van der Waals surface area (Å²) in [6.07, 6.45) is 22.0. The van der Waals surface area contributed by atoms with Gasteiger partial charge in [-0.2, -0.15) is 8.42 Å². The quantitative estimate of drug-likeness (QED) is 0.0271. The number of hydrogen-bond donors (Lipinski definition) is 4. The molecule has 1 aliphatic rings. The predicted molar refractivity (Wildman–Crippen MR) is 193 cm³/mol.